The molecule has 0 saturated heterocycles. The fourth-order valence-corrected chi connectivity index (χ4v) is 4.84. The van der Waals surface area contributed by atoms with E-state index in [4.69, 9.17) is 33.4 Å². The fourth-order valence-electron chi connectivity index (χ4n) is 2.95. The van der Waals surface area contributed by atoms with E-state index in [0.717, 1.165) is 5.69 Å². The molecule has 0 radical (unpaired) electrons. The smallest absolute Gasteiger partial charge is 0.263 e. The van der Waals surface area contributed by atoms with Gasteiger partial charge in [-0.05, 0) is 55.0 Å². The Morgan fingerprint density at radius 2 is 1.86 bits per heavy atom. The number of anilines is 2. The molecule has 150 valence electrons. The van der Waals surface area contributed by atoms with Gasteiger partial charge in [0, 0.05) is 16.4 Å². The Morgan fingerprint density at radius 3 is 2.59 bits per heavy atom. The fraction of sp³-hybridized carbons (Fsp3) is 0.105. The van der Waals surface area contributed by atoms with Crippen molar-refractivity contribution in [2.45, 2.75) is 11.8 Å². The van der Waals surface area contributed by atoms with Gasteiger partial charge in [-0.3, -0.25) is 4.72 Å². The van der Waals surface area contributed by atoms with Gasteiger partial charge in [-0.25, -0.2) is 13.4 Å². The Balaban J connectivity index is 1.60. The summed E-state index contributed by atoms with van der Waals surface area (Å²) < 4.78 is 33.3. The lowest BCUT2D eigenvalue weighted by atomic mass is 10.2. The van der Waals surface area contributed by atoms with Crippen molar-refractivity contribution in [2.24, 2.45) is 10.7 Å². The van der Waals surface area contributed by atoms with Crippen LogP contribution in [0.2, 0.25) is 10.0 Å². The summed E-state index contributed by atoms with van der Waals surface area (Å²) in [6.45, 7) is 2.01. The summed E-state index contributed by atoms with van der Waals surface area (Å²) in [5.41, 5.74) is 8.47. The van der Waals surface area contributed by atoms with E-state index in [9.17, 15) is 8.42 Å². The number of aryl methyl sites for hydroxylation is 1. The van der Waals surface area contributed by atoms with E-state index in [0.29, 0.717) is 39.5 Å². The first-order valence-corrected chi connectivity index (χ1v) is 10.7. The molecule has 1 aliphatic heterocycles. The lowest BCUT2D eigenvalue weighted by molar-refractivity contribution is 0.500. The van der Waals surface area contributed by atoms with Crippen LogP contribution >= 0.6 is 23.2 Å². The minimum atomic E-state index is -3.88. The summed E-state index contributed by atoms with van der Waals surface area (Å²) in [7, 11) is -3.88. The highest BCUT2D eigenvalue weighted by Gasteiger charge is 2.20. The molecule has 0 unspecified atom stereocenters. The summed E-state index contributed by atoms with van der Waals surface area (Å²) in [5, 5.41) is 1.17. The lowest BCUT2D eigenvalue weighted by Crippen LogP contribution is -2.42. The van der Waals surface area contributed by atoms with Crippen LogP contribution < -0.4 is 26.1 Å². The van der Waals surface area contributed by atoms with Gasteiger partial charge in [0.15, 0.2) is 0 Å². The molecular formula is C19H16Cl2N4O3S. The topological polar surface area (TPSA) is 101 Å². The highest BCUT2D eigenvalue weighted by molar-refractivity contribution is 7.92. The third-order valence-corrected chi connectivity index (χ3v) is 6.75. The van der Waals surface area contributed by atoms with E-state index in [2.05, 4.69) is 9.71 Å². The zero-order valence-corrected chi connectivity index (χ0v) is 17.5. The molecule has 1 aromatic heterocycles. The zero-order chi connectivity index (χ0) is 20.8. The quantitative estimate of drug-likeness (QED) is 0.636. The van der Waals surface area contributed by atoms with Crippen molar-refractivity contribution in [3.05, 3.63) is 75.1 Å². The molecule has 10 heteroatoms. The minimum Gasteiger partial charge on any atom is -0.446 e. The maximum atomic E-state index is 12.7. The van der Waals surface area contributed by atoms with Gasteiger partial charge in [0.05, 0.1) is 16.5 Å². The van der Waals surface area contributed by atoms with Crippen LogP contribution in [0.25, 0.3) is 5.82 Å². The largest absolute Gasteiger partial charge is 0.446 e. The van der Waals surface area contributed by atoms with Crippen LogP contribution in [-0.2, 0) is 10.0 Å². The molecule has 0 fully saturated rings. The molecule has 2 heterocycles. The first-order valence-electron chi connectivity index (χ1n) is 8.50. The SMILES string of the molecule is Cc1cc(S(=O)(=O)Nc2ccc(N3CN=c4occc4=C3N)cc2)c(Cl)cc1Cl. The Morgan fingerprint density at radius 1 is 1.14 bits per heavy atom. The predicted molar refractivity (Wildman–Crippen MR) is 113 cm³/mol. The molecule has 2 aromatic carbocycles. The van der Waals surface area contributed by atoms with Crippen molar-refractivity contribution >= 4 is 50.4 Å². The monoisotopic (exact) mass is 450 g/mol. The number of nitrogens with one attached hydrogen (secondary N) is 1. The second-order valence-electron chi connectivity index (χ2n) is 6.44. The minimum absolute atomic E-state index is 0.0370. The van der Waals surface area contributed by atoms with E-state index in [1.165, 1.54) is 18.4 Å². The van der Waals surface area contributed by atoms with Gasteiger partial charge in [0.25, 0.3) is 10.0 Å². The third kappa shape index (κ3) is 3.66. The van der Waals surface area contributed by atoms with Crippen LogP contribution in [0.15, 0.2) is 63.0 Å². The van der Waals surface area contributed by atoms with Gasteiger partial charge in [0.1, 0.15) is 17.4 Å². The lowest BCUT2D eigenvalue weighted by Gasteiger charge is -2.24. The molecule has 7 nitrogen and oxygen atoms in total. The van der Waals surface area contributed by atoms with Crippen molar-refractivity contribution in [1.82, 2.24) is 0 Å². The van der Waals surface area contributed by atoms with Crippen LogP contribution in [-0.4, -0.2) is 15.1 Å². The number of hydrogen-bond acceptors (Lipinski definition) is 6. The van der Waals surface area contributed by atoms with Gasteiger partial charge < -0.3 is 15.1 Å². The number of benzene rings is 2. The van der Waals surface area contributed by atoms with E-state index >= 15 is 0 Å². The van der Waals surface area contributed by atoms with Gasteiger partial charge in [0.2, 0.25) is 5.55 Å². The van der Waals surface area contributed by atoms with Crippen LogP contribution in [0.3, 0.4) is 0 Å². The summed E-state index contributed by atoms with van der Waals surface area (Å²) in [4.78, 5) is 6.09. The van der Waals surface area contributed by atoms with Gasteiger partial charge >= 0.3 is 0 Å². The van der Waals surface area contributed by atoms with Crippen LogP contribution in [0.1, 0.15) is 5.56 Å². The molecule has 0 spiro atoms. The second kappa shape index (κ2) is 7.29. The molecule has 3 aromatic rings. The number of hydrogen-bond donors (Lipinski definition) is 2. The number of fused-ring (bicyclic) bond motifs is 1. The van der Waals surface area contributed by atoms with Crippen LogP contribution in [0.5, 0.6) is 0 Å². The van der Waals surface area contributed by atoms with Crippen molar-refractivity contribution in [2.75, 3.05) is 16.3 Å². The second-order valence-corrected chi connectivity index (χ2v) is 8.90. The maximum absolute atomic E-state index is 12.7. The number of sulfonamides is 1. The highest BCUT2D eigenvalue weighted by Crippen LogP contribution is 2.30. The van der Waals surface area contributed by atoms with Crippen LogP contribution in [0.4, 0.5) is 11.4 Å². The van der Waals surface area contributed by atoms with Crippen molar-refractivity contribution in [3.8, 4) is 0 Å². The third-order valence-electron chi connectivity index (χ3n) is 4.50. The predicted octanol–water partition coefficient (Wildman–Crippen LogP) is 2.82. The Labute approximate surface area is 177 Å². The standard InChI is InChI=1S/C19H16Cl2N4O3S/c1-11-8-17(16(21)9-15(11)20)29(26,27)24-12-2-4-13(5-3-12)25-10-23-19-14(18(25)22)6-7-28-19/h2-9,24H,10,22H2,1H3. The van der Waals surface area contributed by atoms with Gasteiger partial charge in [-0.15, -0.1) is 0 Å². The van der Waals surface area contributed by atoms with Gasteiger partial charge in [-0.2, -0.15) is 0 Å². The molecule has 0 bridgehead atoms. The summed E-state index contributed by atoms with van der Waals surface area (Å²) in [6, 6.07) is 11.4. The van der Waals surface area contributed by atoms with Crippen molar-refractivity contribution in [1.29, 1.82) is 0 Å². The van der Waals surface area contributed by atoms with Crippen molar-refractivity contribution in [3.63, 3.8) is 0 Å². The molecule has 0 amide bonds. The van der Waals surface area contributed by atoms with E-state index in [1.54, 1.807) is 42.2 Å². The summed E-state index contributed by atoms with van der Waals surface area (Å²) in [6.07, 6.45) is 1.53. The Hall–Kier alpha value is -2.68. The Kier molecular flexibility index (Phi) is 4.94. The first-order chi connectivity index (χ1) is 13.8. The molecule has 1 aliphatic rings. The number of halogens is 2. The number of rotatable bonds is 4. The number of furan rings is 1. The molecule has 0 aliphatic carbocycles. The van der Waals surface area contributed by atoms with E-state index in [1.807, 2.05) is 0 Å². The number of nitrogens with zero attached hydrogens (tertiary/aromatic N) is 2. The number of nitrogens with two attached hydrogens (primary N) is 1. The summed E-state index contributed by atoms with van der Waals surface area (Å²) >= 11 is 12.1. The summed E-state index contributed by atoms with van der Waals surface area (Å²) in [5.74, 6) is 0.514. The average molecular weight is 451 g/mol. The molecule has 0 saturated carbocycles. The molecule has 4 rings (SSSR count). The molecular weight excluding hydrogens is 435 g/mol. The molecule has 0 atom stereocenters. The van der Waals surface area contributed by atoms with Crippen LogP contribution in [0, 0.1) is 6.92 Å². The van der Waals surface area contributed by atoms with E-state index in [-0.39, 0.29) is 9.92 Å². The maximum Gasteiger partial charge on any atom is 0.263 e. The van der Waals surface area contributed by atoms with Gasteiger partial charge in [-0.1, -0.05) is 23.2 Å². The molecule has 29 heavy (non-hydrogen) atoms. The average Bonchev–Trinajstić information content (AvgIpc) is 3.15. The highest BCUT2D eigenvalue weighted by atomic mass is 35.5. The first kappa shape index (κ1) is 19.6. The van der Waals surface area contributed by atoms with Crippen molar-refractivity contribution < 1.29 is 12.8 Å². The zero-order valence-electron chi connectivity index (χ0n) is 15.2. The normalized spacial score (nSPS) is 13.8. The van der Waals surface area contributed by atoms with E-state index < -0.39 is 10.0 Å². The molecule has 3 N–H and O–H groups in total. The Bertz CT molecular complexity index is 1320.